The molecule has 22 heavy (non-hydrogen) atoms. The Labute approximate surface area is 133 Å². The summed E-state index contributed by atoms with van der Waals surface area (Å²) in [6.07, 6.45) is 1.42. The van der Waals surface area contributed by atoms with Crippen molar-refractivity contribution in [3.8, 4) is 0 Å². The largest absolute Gasteiger partial charge is 0.392 e. The first-order valence-corrected chi connectivity index (χ1v) is 9.12. The lowest BCUT2D eigenvalue weighted by Gasteiger charge is -3.02. The van der Waals surface area contributed by atoms with E-state index in [2.05, 4.69) is 15.9 Å². The van der Waals surface area contributed by atoms with Crippen LogP contribution in [0.2, 0.25) is 0 Å². The first-order chi connectivity index (χ1) is 10.5. The van der Waals surface area contributed by atoms with Crippen LogP contribution in [-0.2, 0) is 7.05 Å². The van der Waals surface area contributed by atoms with E-state index in [9.17, 15) is 14.7 Å². The Morgan fingerprint density at radius 1 is 1.05 bits per heavy atom. The van der Waals surface area contributed by atoms with Crippen molar-refractivity contribution in [2.24, 2.45) is 41.5 Å². The maximum Gasteiger partial charge on any atom is 0.347 e. The number of alkyl halides is 1. The second kappa shape index (κ2) is 2.73. The third-order valence-corrected chi connectivity index (χ3v) is 9.66. The highest BCUT2D eigenvalue weighted by molar-refractivity contribution is 9.09. The third-order valence-electron chi connectivity index (χ3n) is 8.72. The predicted octanol–water partition coefficient (Wildman–Crippen LogP) is -0.146. The van der Waals surface area contributed by atoms with Gasteiger partial charge in [0.15, 0.2) is 0 Å². The summed E-state index contributed by atoms with van der Waals surface area (Å²) in [6.45, 7) is 0. The molecule has 0 aromatic carbocycles. The molecule has 116 valence electrons. The average molecular weight is 366 g/mol. The Balaban J connectivity index is 1.58. The molecule has 5 aliphatic carbocycles. The second-order valence-corrected chi connectivity index (χ2v) is 9.66. The van der Waals surface area contributed by atoms with Crippen molar-refractivity contribution in [2.45, 2.75) is 35.9 Å². The first-order valence-electron chi connectivity index (χ1n) is 8.20. The lowest BCUT2D eigenvalue weighted by molar-refractivity contribution is -0.562. The number of hydrogen-bond donors (Lipinski definition) is 1. The Kier molecular flexibility index (Phi) is 1.45. The Morgan fingerprint density at radius 3 is 2.09 bits per heavy atom. The van der Waals surface area contributed by atoms with Gasteiger partial charge in [0.2, 0.25) is 0 Å². The highest BCUT2D eigenvalue weighted by Gasteiger charge is 3.03. The van der Waals surface area contributed by atoms with Gasteiger partial charge in [0.25, 0.3) is 0 Å². The van der Waals surface area contributed by atoms with Gasteiger partial charge in [-0.1, -0.05) is 15.9 Å². The molecule has 2 spiro atoms. The molecule has 7 heteroatoms. The number of nitrogens with zero attached hydrogens (tertiary/aromatic N) is 3. The zero-order valence-electron chi connectivity index (χ0n) is 12.0. The predicted molar refractivity (Wildman–Crippen MR) is 78.8 cm³/mol. The van der Waals surface area contributed by atoms with Crippen molar-refractivity contribution in [1.29, 1.82) is 0 Å². The number of aliphatic hydroxyl groups is 1. The minimum Gasteiger partial charge on any atom is -0.392 e. The zero-order valence-corrected chi connectivity index (χ0v) is 13.6. The average Bonchev–Trinajstić information content (AvgIpc) is 2.65. The number of halogens is 1. The van der Waals surface area contributed by atoms with Crippen molar-refractivity contribution < 1.29 is 5.11 Å². The van der Waals surface area contributed by atoms with Crippen LogP contribution >= 0.6 is 15.9 Å². The topological polar surface area (TPSA) is 69.2 Å². The maximum atomic E-state index is 12.6. The van der Waals surface area contributed by atoms with Gasteiger partial charge in [0.1, 0.15) is 0 Å². The van der Waals surface area contributed by atoms with Crippen LogP contribution in [0, 0.1) is 34.5 Å². The van der Waals surface area contributed by atoms with Crippen LogP contribution < -0.4 is 11.4 Å². The van der Waals surface area contributed by atoms with E-state index >= 15 is 0 Å². The van der Waals surface area contributed by atoms with Gasteiger partial charge in [0.05, 0.1) is 18.2 Å². The number of aromatic nitrogens is 3. The molecule has 1 aromatic heterocycles. The van der Waals surface area contributed by atoms with E-state index < -0.39 is 0 Å². The maximum absolute atomic E-state index is 12.6. The van der Waals surface area contributed by atoms with Crippen LogP contribution in [0.15, 0.2) is 9.59 Å². The van der Waals surface area contributed by atoms with Gasteiger partial charge in [-0.05, 0) is 36.5 Å². The standard InChI is InChI=1S/C15H16BrN3O3/c1-17-12(21)18-10-6-7-9-8(6)14(10)2-4(16)5(20)3-15(9,14)11(7)19(18)13(17)22/h4-11,20H,2-3H2,1H3/t4-,5-,6-,7-,8-,9-,10+,11+,14+,15+/m1/s1. The number of aliphatic hydroxyl groups excluding tert-OH is 1. The normalized spacial score (nSPS) is 63.6. The van der Waals surface area contributed by atoms with Gasteiger partial charge in [0, 0.05) is 22.7 Å². The molecule has 0 saturated heterocycles. The zero-order chi connectivity index (χ0) is 14.9. The van der Waals surface area contributed by atoms with E-state index in [1.165, 1.54) is 4.57 Å². The highest BCUT2D eigenvalue weighted by Crippen LogP contribution is 3.04. The molecule has 7 aliphatic rings. The summed E-state index contributed by atoms with van der Waals surface area (Å²) >= 11 is 3.67. The van der Waals surface area contributed by atoms with E-state index in [1.807, 2.05) is 0 Å². The molecule has 0 unspecified atom stereocenters. The van der Waals surface area contributed by atoms with Crippen molar-refractivity contribution in [3.05, 3.63) is 21.0 Å². The quantitative estimate of drug-likeness (QED) is 0.650. The smallest absolute Gasteiger partial charge is 0.347 e. The molecule has 10 atom stereocenters. The number of hydrogen-bond acceptors (Lipinski definition) is 3. The molecule has 3 heterocycles. The Morgan fingerprint density at radius 2 is 1.55 bits per heavy atom. The van der Waals surface area contributed by atoms with Crippen LogP contribution in [0.25, 0.3) is 0 Å². The van der Waals surface area contributed by atoms with Gasteiger partial charge >= 0.3 is 11.4 Å². The summed E-state index contributed by atoms with van der Waals surface area (Å²) in [7, 11) is 1.59. The molecule has 0 amide bonds. The van der Waals surface area contributed by atoms with Crippen molar-refractivity contribution in [1.82, 2.24) is 13.9 Å². The van der Waals surface area contributed by atoms with Crippen LogP contribution in [-0.4, -0.2) is 30.0 Å². The van der Waals surface area contributed by atoms with E-state index in [1.54, 1.807) is 16.4 Å². The van der Waals surface area contributed by atoms with E-state index in [-0.39, 0.29) is 45.2 Å². The molecular formula is C15H16BrN3O3. The molecular weight excluding hydrogens is 350 g/mol. The van der Waals surface area contributed by atoms with Gasteiger partial charge in [-0.2, -0.15) is 0 Å². The molecule has 1 aromatic rings. The van der Waals surface area contributed by atoms with Crippen molar-refractivity contribution in [2.75, 3.05) is 0 Å². The minimum atomic E-state index is -0.326. The van der Waals surface area contributed by atoms with Gasteiger partial charge < -0.3 is 5.11 Å². The summed E-state index contributed by atoms with van der Waals surface area (Å²) in [4.78, 5) is 25.3. The lowest BCUT2D eigenvalue weighted by Crippen LogP contribution is -3.01. The van der Waals surface area contributed by atoms with E-state index in [4.69, 9.17) is 0 Å². The summed E-state index contributed by atoms with van der Waals surface area (Å²) in [5.74, 6) is 2.67. The third kappa shape index (κ3) is 0.658. The van der Waals surface area contributed by atoms with E-state index in [0.29, 0.717) is 17.8 Å². The van der Waals surface area contributed by atoms with Crippen molar-refractivity contribution in [3.63, 3.8) is 0 Å². The lowest BCUT2D eigenvalue weighted by atomic mass is 9.04. The molecule has 8 rings (SSSR count). The molecule has 1 N–H and O–H groups in total. The van der Waals surface area contributed by atoms with Crippen LogP contribution in [0.1, 0.15) is 24.9 Å². The second-order valence-electron chi connectivity index (χ2n) is 8.48. The van der Waals surface area contributed by atoms with Gasteiger partial charge in [-0.15, -0.1) is 0 Å². The summed E-state index contributed by atoms with van der Waals surface area (Å²) in [5.41, 5.74) is -0.0336. The molecule has 5 saturated carbocycles. The Bertz CT molecular complexity index is 845. The number of rotatable bonds is 0. The fourth-order valence-corrected chi connectivity index (χ4v) is 9.26. The molecule has 6 nitrogen and oxygen atoms in total. The van der Waals surface area contributed by atoms with E-state index in [0.717, 1.165) is 18.8 Å². The monoisotopic (exact) mass is 365 g/mol. The summed E-state index contributed by atoms with van der Waals surface area (Å²) in [6, 6.07) is 0.361. The Hall–Kier alpha value is -0.820. The fraction of sp³-hybridized carbons (Fsp3) is 0.867. The van der Waals surface area contributed by atoms with Crippen LogP contribution in [0.3, 0.4) is 0 Å². The molecule has 5 fully saturated rings. The first kappa shape index (κ1) is 11.7. The molecule has 2 aliphatic heterocycles. The van der Waals surface area contributed by atoms with Crippen LogP contribution in [0.4, 0.5) is 0 Å². The van der Waals surface area contributed by atoms with Crippen LogP contribution in [0.5, 0.6) is 0 Å². The van der Waals surface area contributed by atoms with Crippen molar-refractivity contribution >= 4 is 15.9 Å². The summed E-state index contributed by atoms with van der Waals surface area (Å²) in [5, 5.41) is 10.4. The molecule has 2 bridgehead atoms. The van der Waals surface area contributed by atoms with Gasteiger partial charge in [-0.25, -0.2) is 23.5 Å². The summed E-state index contributed by atoms with van der Waals surface area (Å²) < 4.78 is 4.85. The fourth-order valence-electron chi connectivity index (χ4n) is 8.54. The highest BCUT2D eigenvalue weighted by atomic mass is 79.9. The minimum absolute atomic E-state index is 0.100. The SMILES string of the molecule is Cn1c(=O)n2n(c1=O)[C@H]1[C@@H]3[C@@H]4[C@@H]5[C@@H]3[C@@]13C[C@@H](Br)[C@H](O)C[C@@]53[C@H]42. The van der Waals surface area contributed by atoms with Gasteiger partial charge in [-0.3, -0.25) is 0 Å². The molecule has 0 radical (unpaired) electrons.